The minimum atomic E-state index is -0.393. The van der Waals surface area contributed by atoms with Crippen LogP contribution in [0, 0.1) is 5.82 Å². The molecule has 0 saturated carbocycles. The second kappa shape index (κ2) is 9.97. The van der Waals surface area contributed by atoms with Crippen molar-refractivity contribution in [2.75, 3.05) is 7.11 Å². The van der Waals surface area contributed by atoms with E-state index in [2.05, 4.69) is 24.4 Å². The van der Waals surface area contributed by atoms with E-state index in [1.54, 1.807) is 13.2 Å². The zero-order chi connectivity index (χ0) is 20.8. The van der Waals surface area contributed by atoms with Gasteiger partial charge in [-0.25, -0.2) is 4.39 Å². The number of halogens is 3. The highest BCUT2D eigenvalue weighted by molar-refractivity contribution is 6.32. The van der Waals surface area contributed by atoms with Gasteiger partial charge in [0.1, 0.15) is 12.4 Å². The monoisotopic (exact) mass is 433 g/mol. The van der Waals surface area contributed by atoms with E-state index in [1.807, 2.05) is 30.3 Å². The fourth-order valence-corrected chi connectivity index (χ4v) is 3.44. The highest BCUT2D eigenvalue weighted by Gasteiger charge is 2.14. The predicted molar refractivity (Wildman–Crippen MR) is 115 cm³/mol. The molecule has 1 atom stereocenters. The highest BCUT2D eigenvalue weighted by Crippen LogP contribution is 2.37. The minimum absolute atomic E-state index is 0.151. The first-order chi connectivity index (χ1) is 14.0. The molecule has 0 aliphatic rings. The Morgan fingerprint density at radius 2 is 1.76 bits per heavy atom. The van der Waals surface area contributed by atoms with Gasteiger partial charge in [-0.3, -0.25) is 0 Å². The summed E-state index contributed by atoms with van der Waals surface area (Å²) in [4.78, 5) is 0. The van der Waals surface area contributed by atoms with E-state index >= 15 is 0 Å². The Morgan fingerprint density at radius 3 is 2.45 bits per heavy atom. The SMILES string of the molecule is COc1cc(CN[C@@H](C)c2ccccc2)cc(Cl)c1OCc1ccc(F)cc1Cl. The number of benzene rings is 3. The smallest absolute Gasteiger partial charge is 0.180 e. The lowest BCUT2D eigenvalue weighted by atomic mass is 10.1. The molecule has 0 heterocycles. The van der Waals surface area contributed by atoms with Gasteiger partial charge < -0.3 is 14.8 Å². The number of rotatable bonds is 8. The number of hydrogen-bond donors (Lipinski definition) is 1. The van der Waals surface area contributed by atoms with Crippen LogP contribution < -0.4 is 14.8 Å². The van der Waals surface area contributed by atoms with Crippen molar-refractivity contribution in [3.05, 3.63) is 93.2 Å². The van der Waals surface area contributed by atoms with Gasteiger partial charge in [0.15, 0.2) is 11.5 Å². The second-order valence-electron chi connectivity index (χ2n) is 6.65. The van der Waals surface area contributed by atoms with Crippen LogP contribution in [-0.2, 0) is 13.2 Å². The number of methoxy groups -OCH3 is 1. The van der Waals surface area contributed by atoms with Crippen molar-refractivity contribution in [3.8, 4) is 11.5 Å². The molecule has 152 valence electrons. The summed E-state index contributed by atoms with van der Waals surface area (Å²) >= 11 is 12.5. The summed E-state index contributed by atoms with van der Waals surface area (Å²) in [7, 11) is 1.56. The van der Waals surface area contributed by atoms with Crippen LogP contribution in [-0.4, -0.2) is 7.11 Å². The van der Waals surface area contributed by atoms with Crippen molar-refractivity contribution in [1.82, 2.24) is 5.32 Å². The average molecular weight is 434 g/mol. The molecule has 29 heavy (non-hydrogen) atoms. The van der Waals surface area contributed by atoms with Crippen molar-refractivity contribution >= 4 is 23.2 Å². The Labute approximate surface area is 180 Å². The summed E-state index contributed by atoms with van der Waals surface area (Å²) < 4.78 is 24.5. The number of hydrogen-bond acceptors (Lipinski definition) is 3. The van der Waals surface area contributed by atoms with Crippen LogP contribution in [0.4, 0.5) is 4.39 Å². The van der Waals surface area contributed by atoms with E-state index in [4.69, 9.17) is 32.7 Å². The molecule has 3 aromatic carbocycles. The normalized spacial score (nSPS) is 11.9. The molecule has 6 heteroatoms. The van der Waals surface area contributed by atoms with Crippen molar-refractivity contribution < 1.29 is 13.9 Å². The van der Waals surface area contributed by atoms with Crippen molar-refractivity contribution in [1.29, 1.82) is 0 Å². The molecular weight excluding hydrogens is 412 g/mol. The quantitative estimate of drug-likeness (QED) is 0.435. The Balaban J connectivity index is 1.70. The van der Waals surface area contributed by atoms with Gasteiger partial charge in [-0.2, -0.15) is 0 Å². The molecule has 0 aliphatic carbocycles. The molecular formula is C23H22Cl2FNO2. The van der Waals surface area contributed by atoms with E-state index in [1.165, 1.54) is 17.7 Å². The van der Waals surface area contributed by atoms with Gasteiger partial charge in [0.2, 0.25) is 0 Å². The first-order valence-corrected chi connectivity index (χ1v) is 9.95. The van der Waals surface area contributed by atoms with E-state index < -0.39 is 5.82 Å². The maximum absolute atomic E-state index is 13.2. The molecule has 0 fully saturated rings. The highest BCUT2D eigenvalue weighted by atomic mass is 35.5. The second-order valence-corrected chi connectivity index (χ2v) is 7.46. The third-order valence-corrected chi connectivity index (χ3v) is 5.22. The van der Waals surface area contributed by atoms with E-state index in [9.17, 15) is 4.39 Å². The third-order valence-electron chi connectivity index (χ3n) is 4.59. The van der Waals surface area contributed by atoms with Crippen LogP contribution in [0.15, 0.2) is 60.7 Å². The van der Waals surface area contributed by atoms with Crippen LogP contribution in [0.3, 0.4) is 0 Å². The number of nitrogens with one attached hydrogen (secondary N) is 1. The molecule has 0 spiro atoms. The molecule has 0 aromatic heterocycles. The summed E-state index contributed by atoms with van der Waals surface area (Å²) in [5.74, 6) is 0.560. The largest absolute Gasteiger partial charge is 0.493 e. The average Bonchev–Trinajstić information content (AvgIpc) is 2.72. The molecule has 3 aromatic rings. The zero-order valence-corrected chi connectivity index (χ0v) is 17.7. The van der Waals surface area contributed by atoms with Crippen LogP contribution in [0.1, 0.15) is 29.7 Å². The summed E-state index contributed by atoms with van der Waals surface area (Å²) in [5.41, 5.74) is 2.84. The molecule has 0 saturated heterocycles. The fourth-order valence-electron chi connectivity index (χ4n) is 2.93. The van der Waals surface area contributed by atoms with Crippen molar-refractivity contribution in [2.24, 2.45) is 0 Å². The molecule has 0 bridgehead atoms. The molecule has 3 nitrogen and oxygen atoms in total. The Hall–Kier alpha value is -2.27. The maximum Gasteiger partial charge on any atom is 0.180 e. The molecule has 0 radical (unpaired) electrons. The maximum atomic E-state index is 13.2. The van der Waals surface area contributed by atoms with E-state index in [0.29, 0.717) is 33.7 Å². The first-order valence-electron chi connectivity index (χ1n) is 9.19. The lowest BCUT2D eigenvalue weighted by Gasteiger charge is -2.17. The van der Waals surface area contributed by atoms with Gasteiger partial charge in [0.25, 0.3) is 0 Å². The standard InChI is InChI=1S/C23H22Cl2FNO2/c1-15(17-6-4-3-5-7-17)27-13-16-10-21(25)23(22(11-16)28-2)29-14-18-8-9-19(26)12-20(18)24/h3-12,15,27H,13-14H2,1-2H3/t15-/m0/s1. The van der Waals surface area contributed by atoms with E-state index in [0.717, 1.165) is 5.56 Å². The minimum Gasteiger partial charge on any atom is -0.493 e. The summed E-state index contributed by atoms with van der Waals surface area (Å²) in [6.07, 6.45) is 0. The molecule has 3 rings (SSSR count). The third kappa shape index (κ3) is 5.63. The van der Waals surface area contributed by atoms with Gasteiger partial charge >= 0.3 is 0 Å². The van der Waals surface area contributed by atoms with Gasteiger partial charge in [0.05, 0.1) is 17.2 Å². The Kier molecular flexibility index (Phi) is 7.37. The first kappa shape index (κ1) is 21.4. The predicted octanol–water partition coefficient (Wildman–Crippen LogP) is 6.57. The Morgan fingerprint density at radius 1 is 1.00 bits per heavy atom. The van der Waals surface area contributed by atoms with Crippen LogP contribution in [0.25, 0.3) is 0 Å². The van der Waals surface area contributed by atoms with Gasteiger partial charge in [0, 0.05) is 18.2 Å². The molecule has 1 N–H and O–H groups in total. The van der Waals surface area contributed by atoms with Gasteiger partial charge in [-0.1, -0.05) is 59.6 Å². The van der Waals surface area contributed by atoms with Crippen LogP contribution in [0.5, 0.6) is 11.5 Å². The molecule has 0 unspecified atom stereocenters. The van der Waals surface area contributed by atoms with Crippen molar-refractivity contribution in [3.63, 3.8) is 0 Å². The lowest BCUT2D eigenvalue weighted by molar-refractivity contribution is 0.284. The summed E-state index contributed by atoms with van der Waals surface area (Å²) in [6, 6.07) is 18.3. The summed E-state index contributed by atoms with van der Waals surface area (Å²) in [5, 5.41) is 4.21. The van der Waals surface area contributed by atoms with Gasteiger partial charge in [-0.05, 0) is 42.3 Å². The molecule has 0 aliphatic heterocycles. The van der Waals surface area contributed by atoms with Crippen LogP contribution in [0.2, 0.25) is 10.0 Å². The zero-order valence-electron chi connectivity index (χ0n) is 16.2. The summed E-state index contributed by atoms with van der Waals surface area (Å²) in [6.45, 7) is 2.88. The van der Waals surface area contributed by atoms with Crippen molar-refractivity contribution in [2.45, 2.75) is 26.1 Å². The molecule has 0 amide bonds. The van der Waals surface area contributed by atoms with Crippen LogP contribution >= 0.6 is 23.2 Å². The lowest BCUT2D eigenvalue weighted by Crippen LogP contribution is -2.18. The fraction of sp³-hybridized carbons (Fsp3) is 0.217. The Bertz CT molecular complexity index is 967. The number of ether oxygens (including phenoxy) is 2. The van der Waals surface area contributed by atoms with E-state index in [-0.39, 0.29) is 12.6 Å². The van der Waals surface area contributed by atoms with Gasteiger partial charge in [-0.15, -0.1) is 0 Å². The topological polar surface area (TPSA) is 30.5 Å².